The van der Waals surface area contributed by atoms with Crippen LogP contribution >= 0.6 is 11.3 Å². The quantitative estimate of drug-likeness (QED) is 0.816. The summed E-state index contributed by atoms with van der Waals surface area (Å²) in [4.78, 5) is 12.9. The van der Waals surface area contributed by atoms with Gasteiger partial charge in [0.1, 0.15) is 11.5 Å². The first kappa shape index (κ1) is 14.1. The number of aliphatic hydroxyl groups is 1. The third-order valence-corrected chi connectivity index (χ3v) is 4.39. The molecule has 2 N–H and O–H groups in total. The van der Waals surface area contributed by atoms with Gasteiger partial charge in [-0.25, -0.2) is 0 Å². The Morgan fingerprint density at radius 3 is 3.05 bits per heavy atom. The number of rotatable bonds is 2. The Labute approximate surface area is 118 Å². The van der Waals surface area contributed by atoms with E-state index in [4.69, 9.17) is 5.11 Å². The molecule has 0 spiro atoms. The van der Waals surface area contributed by atoms with Crippen LogP contribution in [-0.4, -0.2) is 23.7 Å². The maximum absolute atomic E-state index is 12.2. The van der Waals surface area contributed by atoms with Crippen molar-refractivity contribution in [3.63, 3.8) is 0 Å². The van der Waals surface area contributed by atoms with E-state index >= 15 is 0 Å². The predicted octanol–water partition coefficient (Wildman–Crippen LogP) is 2.40. The fraction of sp³-hybridized carbons (Fsp3) is 0.533. The third kappa shape index (κ3) is 3.59. The molecular weight excluding hydrogens is 258 g/mol. The Morgan fingerprint density at radius 1 is 1.63 bits per heavy atom. The maximum Gasteiger partial charge on any atom is 0.262 e. The minimum absolute atomic E-state index is 0.0417. The average Bonchev–Trinajstić information content (AvgIpc) is 2.93. The smallest absolute Gasteiger partial charge is 0.262 e. The number of hydrogen-bond acceptors (Lipinski definition) is 3. The van der Waals surface area contributed by atoms with Crippen molar-refractivity contribution in [2.75, 3.05) is 6.61 Å². The van der Waals surface area contributed by atoms with Crippen LogP contribution in [-0.2, 0) is 0 Å². The van der Waals surface area contributed by atoms with Crippen molar-refractivity contribution in [1.29, 1.82) is 0 Å². The molecule has 1 aliphatic rings. The number of aliphatic hydroxyl groups excluding tert-OH is 1. The van der Waals surface area contributed by atoms with Gasteiger partial charge in [0, 0.05) is 11.6 Å². The molecule has 1 unspecified atom stereocenters. The molecule has 3 nitrogen and oxygen atoms in total. The predicted molar refractivity (Wildman–Crippen MR) is 77.2 cm³/mol. The largest absolute Gasteiger partial charge is 0.384 e. The molecule has 0 radical (unpaired) electrons. The summed E-state index contributed by atoms with van der Waals surface area (Å²) in [5.74, 6) is 5.36. The molecule has 0 bridgehead atoms. The lowest BCUT2D eigenvalue weighted by atomic mass is 9.92. The van der Waals surface area contributed by atoms with Crippen LogP contribution in [0.15, 0.2) is 11.4 Å². The van der Waals surface area contributed by atoms with Crippen molar-refractivity contribution in [2.45, 2.75) is 39.2 Å². The molecule has 1 aromatic rings. The van der Waals surface area contributed by atoms with E-state index in [1.165, 1.54) is 11.3 Å². The SMILES string of the molecule is CC1(C)CCC(NC(=O)c2sccc2C#CCO)C1. The third-order valence-electron chi connectivity index (χ3n) is 3.48. The second-order valence-electron chi connectivity index (χ2n) is 5.70. The van der Waals surface area contributed by atoms with Gasteiger partial charge < -0.3 is 10.4 Å². The Morgan fingerprint density at radius 2 is 2.42 bits per heavy atom. The Kier molecular flexibility index (Phi) is 4.28. The molecular formula is C15H19NO2S. The summed E-state index contributed by atoms with van der Waals surface area (Å²) in [6, 6.07) is 2.09. The van der Waals surface area contributed by atoms with E-state index < -0.39 is 0 Å². The van der Waals surface area contributed by atoms with Gasteiger partial charge in [0.15, 0.2) is 0 Å². The zero-order valence-corrected chi connectivity index (χ0v) is 12.1. The van der Waals surface area contributed by atoms with Gasteiger partial charge in [-0.3, -0.25) is 4.79 Å². The first-order chi connectivity index (χ1) is 9.02. The van der Waals surface area contributed by atoms with Gasteiger partial charge >= 0.3 is 0 Å². The summed E-state index contributed by atoms with van der Waals surface area (Å²) in [7, 11) is 0. The molecule has 102 valence electrons. The summed E-state index contributed by atoms with van der Waals surface area (Å²) in [6.07, 6.45) is 3.23. The number of amides is 1. The van der Waals surface area contributed by atoms with Gasteiger partial charge in [0.25, 0.3) is 5.91 Å². The van der Waals surface area contributed by atoms with Crippen LogP contribution in [0.2, 0.25) is 0 Å². The molecule has 4 heteroatoms. The van der Waals surface area contributed by atoms with Gasteiger partial charge in [-0.1, -0.05) is 25.7 Å². The van der Waals surface area contributed by atoms with E-state index in [0.717, 1.165) is 19.3 Å². The molecule has 1 fully saturated rings. The number of thiophene rings is 1. The number of carbonyl (C=O) groups excluding carboxylic acids is 1. The summed E-state index contributed by atoms with van der Waals surface area (Å²) >= 11 is 1.40. The fourth-order valence-electron chi connectivity index (χ4n) is 2.53. The minimum atomic E-state index is -0.187. The highest BCUT2D eigenvalue weighted by molar-refractivity contribution is 7.12. The lowest BCUT2D eigenvalue weighted by Gasteiger charge is -2.17. The molecule has 1 aliphatic carbocycles. The van der Waals surface area contributed by atoms with Crippen molar-refractivity contribution in [1.82, 2.24) is 5.32 Å². The Balaban J connectivity index is 2.03. The summed E-state index contributed by atoms with van der Waals surface area (Å²) in [5.41, 5.74) is 1.03. The van der Waals surface area contributed by atoms with Crippen molar-refractivity contribution >= 4 is 17.2 Å². The first-order valence-electron chi connectivity index (χ1n) is 6.50. The second-order valence-corrected chi connectivity index (χ2v) is 6.62. The molecule has 0 saturated heterocycles. The minimum Gasteiger partial charge on any atom is -0.384 e. The normalized spacial score (nSPS) is 20.7. The Bertz CT molecular complexity index is 522. The molecule has 1 saturated carbocycles. The number of carbonyl (C=O) groups is 1. The molecule has 0 aromatic carbocycles. The lowest BCUT2D eigenvalue weighted by molar-refractivity contribution is 0.0940. The molecule has 1 atom stereocenters. The molecule has 19 heavy (non-hydrogen) atoms. The molecule has 1 heterocycles. The number of nitrogens with one attached hydrogen (secondary N) is 1. The lowest BCUT2D eigenvalue weighted by Crippen LogP contribution is -2.33. The zero-order valence-electron chi connectivity index (χ0n) is 11.3. The molecule has 1 aromatic heterocycles. The summed E-state index contributed by atoms with van der Waals surface area (Å²) < 4.78 is 0. The monoisotopic (exact) mass is 277 g/mol. The average molecular weight is 277 g/mol. The van der Waals surface area contributed by atoms with Gasteiger partial charge in [-0.2, -0.15) is 0 Å². The van der Waals surface area contributed by atoms with E-state index in [-0.39, 0.29) is 18.6 Å². The van der Waals surface area contributed by atoms with Gasteiger partial charge in [-0.15, -0.1) is 11.3 Å². The van der Waals surface area contributed by atoms with Crippen molar-refractivity contribution in [3.05, 3.63) is 21.9 Å². The second kappa shape index (κ2) is 5.77. The van der Waals surface area contributed by atoms with E-state index in [1.807, 2.05) is 11.4 Å². The fourth-order valence-corrected chi connectivity index (χ4v) is 3.28. The highest BCUT2D eigenvalue weighted by atomic mass is 32.1. The van der Waals surface area contributed by atoms with Crippen LogP contribution in [0, 0.1) is 17.3 Å². The van der Waals surface area contributed by atoms with Crippen molar-refractivity contribution in [3.8, 4) is 11.8 Å². The van der Waals surface area contributed by atoms with Crippen molar-refractivity contribution in [2.24, 2.45) is 5.41 Å². The van der Waals surface area contributed by atoms with Crippen LogP contribution in [0.1, 0.15) is 48.3 Å². The Hall–Kier alpha value is -1.31. The molecule has 2 rings (SSSR count). The molecule has 1 amide bonds. The van der Waals surface area contributed by atoms with Crippen LogP contribution in [0.5, 0.6) is 0 Å². The van der Waals surface area contributed by atoms with Crippen LogP contribution in [0.4, 0.5) is 0 Å². The highest BCUT2D eigenvalue weighted by Crippen LogP contribution is 2.37. The maximum atomic E-state index is 12.2. The summed E-state index contributed by atoms with van der Waals surface area (Å²) in [6.45, 7) is 4.29. The topological polar surface area (TPSA) is 49.3 Å². The summed E-state index contributed by atoms with van der Waals surface area (Å²) in [5, 5.41) is 13.7. The van der Waals surface area contributed by atoms with E-state index in [2.05, 4.69) is 31.0 Å². The number of hydrogen-bond donors (Lipinski definition) is 2. The zero-order chi connectivity index (χ0) is 13.9. The molecule has 0 aliphatic heterocycles. The van der Waals surface area contributed by atoms with E-state index in [9.17, 15) is 4.79 Å². The van der Waals surface area contributed by atoms with Gasteiger partial charge in [0.05, 0.1) is 0 Å². The van der Waals surface area contributed by atoms with Gasteiger partial charge in [-0.05, 0) is 36.1 Å². The standard InChI is InChI=1S/C15H19NO2S/c1-15(2)7-5-12(10-15)16-14(18)13-11(4-3-8-17)6-9-19-13/h6,9,12,17H,5,7-8,10H2,1-2H3,(H,16,18). The first-order valence-corrected chi connectivity index (χ1v) is 7.38. The van der Waals surface area contributed by atoms with Crippen LogP contribution in [0.3, 0.4) is 0 Å². The van der Waals surface area contributed by atoms with Crippen LogP contribution < -0.4 is 5.32 Å². The van der Waals surface area contributed by atoms with Crippen LogP contribution in [0.25, 0.3) is 0 Å². The van der Waals surface area contributed by atoms with Crippen molar-refractivity contribution < 1.29 is 9.90 Å². The van der Waals surface area contributed by atoms with E-state index in [0.29, 0.717) is 15.9 Å². The van der Waals surface area contributed by atoms with Gasteiger partial charge in [0.2, 0.25) is 0 Å². The van der Waals surface area contributed by atoms with E-state index in [1.54, 1.807) is 0 Å². The highest BCUT2D eigenvalue weighted by Gasteiger charge is 2.32.